The molecular weight excluding hydrogens is 208 g/mol. The second-order valence-corrected chi connectivity index (χ2v) is 5.27. The van der Waals surface area contributed by atoms with E-state index in [1.165, 1.54) is 0 Å². The van der Waals surface area contributed by atoms with Crippen molar-refractivity contribution in [1.29, 1.82) is 0 Å². The molecule has 0 saturated carbocycles. The minimum Gasteiger partial charge on any atom is -0.460 e. The summed E-state index contributed by atoms with van der Waals surface area (Å²) in [5.41, 5.74) is -1.17. The van der Waals surface area contributed by atoms with E-state index in [-0.39, 0.29) is 12.4 Å². The van der Waals surface area contributed by atoms with Crippen molar-refractivity contribution in [2.45, 2.75) is 45.6 Å². The van der Waals surface area contributed by atoms with Crippen LogP contribution in [0.3, 0.4) is 0 Å². The molecule has 4 heteroatoms. The number of aldehydes is 1. The van der Waals surface area contributed by atoms with E-state index < -0.39 is 11.0 Å². The fourth-order valence-corrected chi connectivity index (χ4v) is 1.80. The Morgan fingerprint density at radius 2 is 1.94 bits per heavy atom. The lowest BCUT2D eigenvalue weighted by Crippen LogP contribution is -2.42. The first-order valence-electron chi connectivity index (χ1n) is 5.64. The molecule has 1 rings (SSSR count). The molecule has 1 aliphatic heterocycles. The van der Waals surface area contributed by atoms with Crippen molar-refractivity contribution in [1.82, 2.24) is 0 Å². The van der Waals surface area contributed by atoms with Crippen molar-refractivity contribution in [3.8, 4) is 0 Å². The Morgan fingerprint density at radius 1 is 1.38 bits per heavy atom. The quantitative estimate of drug-likeness (QED) is 0.545. The first-order chi connectivity index (χ1) is 7.40. The molecule has 1 saturated heterocycles. The van der Waals surface area contributed by atoms with Gasteiger partial charge < -0.3 is 14.3 Å². The molecule has 4 nitrogen and oxygen atoms in total. The van der Waals surface area contributed by atoms with Crippen LogP contribution in [0.4, 0.5) is 0 Å². The molecule has 1 aliphatic rings. The van der Waals surface area contributed by atoms with Crippen LogP contribution in [0.15, 0.2) is 0 Å². The Balaban J connectivity index is 2.75. The van der Waals surface area contributed by atoms with Gasteiger partial charge in [0, 0.05) is 19.6 Å². The van der Waals surface area contributed by atoms with Crippen molar-refractivity contribution in [3.05, 3.63) is 0 Å². The van der Waals surface area contributed by atoms with Gasteiger partial charge in [-0.3, -0.25) is 4.79 Å². The van der Waals surface area contributed by atoms with Gasteiger partial charge in [0.05, 0.1) is 5.41 Å². The Morgan fingerprint density at radius 3 is 2.38 bits per heavy atom. The Kier molecular flexibility index (Phi) is 4.08. The highest BCUT2D eigenvalue weighted by Crippen LogP contribution is 2.36. The predicted octanol–water partition coefficient (Wildman–Crippen LogP) is 1.71. The average Bonchev–Trinajstić information content (AvgIpc) is 2.17. The molecule has 0 aromatic heterocycles. The molecule has 0 spiro atoms. The number of carbonyl (C=O) groups excluding carboxylic acids is 2. The fourth-order valence-electron chi connectivity index (χ4n) is 1.80. The zero-order valence-electron chi connectivity index (χ0n) is 10.2. The van der Waals surface area contributed by atoms with Crippen LogP contribution in [0.2, 0.25) is 0 Å². The number of rotatable bonds is 3. The number of carbonyl (C=O) groups is 2. The van der Waals surface area contributed by atoms with Crippen LogP contribution < -0.4 is 0 Å². The van der Waals surface area contributed by atoms with Crippen molar-refractivity contribution < 1.29 is 19.1 Å². The summed E-state index contributed by atoms with van der Waals surface area (Å²) >= 11 is 0. The molecule has 0 aromatic rings. The van der Waals surface area contributed by atoms with E-state index in [4.69, 9.17) is 9.47 Å². The van der Waals surface area contributed by atoms with E-state index in [9.17, 15) is 9.59 Å². The summed E-state index contributed by atoms with van der Waals surface area (Å²) < 4.78 is 10.6. The van der Waals surface area contributed by atoms with E-state index in [1.807, 2.05) is 20.8 Å². The summed E-state index contributed by atoms with van der Waals surface area (Å²) in [5, 5.41) is 0. The predicted molar refractivity (Wildman–Crippen MR) is 59.0 cm³/mol. The minimum atomic E-state index is -0.659. The first kappa shape index (κ1) is 13.2. The van der Waals surface area contributed by atoms with Crippen LogP contribution in [-0.4, -0.2) is 31.1 Å². The molecule has 0 N–H and O–H groups in total. The van der Waals surface area contributed by atoms with Crippen molar-refractivity contribution in [2.24, 2.45) is 5.41 Å². The smallest absolute Gasteiger partial charge is 0.313 e. The van der Waals surface area contributed by atoms with Crippen LogP contribution in [0, 0.1) is 5.41 Å². The van der Waals surface area contributed by atoms with E-state index in [0.717, 1.165) is 6.29 Å². The third-order valence-electron chi connectivity index (χ3n) is 2.76. The molecule has 0 aliphatic carbocycles. The monoisotopic (exact) mass is 228 g/mol. The van der Waals surface area contributed by atoms with E-state index in [2.05, 4.69) is 0 Å². The molecule has 1 heterocycles. The lowest BCUT2D eigenvalue weighted by atomic mass is 9.77. The van der Waals surface area contributed by atoms with E-state index >= 15 is 0 Å². The summed E-state index contributed by atoms with van der Waals surface area (Å²) in [7, 11) is 0. The third-order valence-corrected chi connectivity index (χ3v) is 2.76. The maximum Gasteiger partial charge on any atom is 0.313 e. The summed E-state index contributed by atoms with van der Waals surface area (Å²) in [6, 6.07) is 0. The van der Waals surface area contributed by atoms with Gasteiger partial charge in [-0.25, -0.2) is 0 Å². The standard InChI is InChI=1S/C12H20O4/c1-11(2,3)16-10(14)12(4-7-13)5-8-15-9-6-12/h7H,4-6,8-9H2,1-3H3. The second kappa shape index (κ2) is 4.95. The SMILES string of the molecule is CC(C)(C)OC(=O)C1(CC=O)CCOCC1. The van der Waals surface area contributed by atoms with Gasteiger partial charge in [-0.15, -0.1) is 0 Å². The molecule has 92 valence electrons. The zero-order chi connectivity index (χ0) is 12.2. The Labute approximate surface area is 96.3 Å². The van der Waals surface area contributed by atoms with Gasteiger partial charge >= 0.3 is 5.97 Å². The molecule has 0 amide bonds. The highest BCUT2D eigenvalue weighted by molar-refractivity contribution is 5.80. The maximum absolute atomic E-state index is 12.1. The van der Waals surface area contributed by atoms with Gasteiger partial charge in [-0.05, 0) is 33.6 Å². The van der Waals surface area contributed by atoms with Crippen LogP contribution in [0.1, 0.15) is 40.0 Å². The lowest BCUT2D eigenvalue weighted by Gasteiger charge is -2.35. The molecule has 0 bridgehead atoms. The van der Waals surface area contributed by atoms with Gasteiger partial charge in [0.15, 0.2) is 0 Å². The topological polar surface area (TPSA) is 52.6 Å². The Bertz CT molecular complexity index is 259. The normalized spacial score (nSPS) is 20.2. The van der Waals surface area contributed by atoms with Gasteiger partial charge in [0.25, 0.3) is 0 Å². The summed E-state index contributed by atoms with van der Waals surface area (Å²) in [4.78, 5) is 22.8. The van der Waals surface area contributed by atoms with Crippen LogP contribution in [-0.2, 0) is 19.1 Å². The maximum atomic E-state index is 12.1. The lowest BCUT2D eigenvalue weighted by molar-refractivity contribution is -0.174. The minimum absolute atomic E-state index is 0.227. The molecule has 0 atom stereocenters. The fraction of sp³-hybridized carbons (Fsp3) is 0.833. The zero-order valence-corrected chi connectivity index (χ0v) is 10.2. The molecule has 16 heavy (non-hydrogen) atoms. The second-order valence-electron chi connectivity index (χ2n) is 5.27. The number of esters is 1. The summed E-state index contributed by atoms with van der Waals surface area (Å²) in [6.45, 7) is 6.54. The number of hydrogen-bond donors (Lipinski definition) is 0. The highest BCUT2D eigenvalue weighted by Gasteiger charge is 2.42. The van der Waals surface area contributed by atoms with Gasteiger partial charge in [-0.1, -0.05) is 0 Å². The molecular formula is C12H20O4. The average molecular weight is 228 g/mol. The highest BCUT2D eigenvalue weighted by atomic mass is 16.6. The van der Waals surface area contributed by atoms with Gasteiger partial charge in [0.1, 0.15) is 11.9 Å². The first-order valence-corrected chi connectivity index (χ1v) is 5.64. The molecule has 0 aromatic carbocycles. The number of ether oxygens (including phenoxy) is 2. The van der Waals surface area contributed by atoms with Crippen molar-refractivity contribution >= 4 is 12.3 Å². The largest absolute Gasteiger partial charge is 0.460 e. The van der Waals surface area contributed by atoms with Crippen LogP contribution >= 0.6 is 0 Å². The number of hydrogen-bond acceptors (Lipinski definition) is 4. The van der Waals surface area contributed by atoms with Gasteiger partial charge in [-0.2, -0.15) is 0 Å². The van der Waals surface area contributed by atoms with Crippen LogP contribution in [0.25, 0.3) is 0 Å². The third kappa shape index (κ3) is 3.30. The summed E-state index contributed by atoms with van der Waals surface area (Å²) in [5.74, 6) is -0.268. The van der Waals surface area contributed by atoms with E-state index in [1.54, 1.807) is 0 Å². The van der Waals surface area contributed by atoms with Gasteiger partial charge in [0.2, 0.25) is 0 Å². The summed E-state index contributed by atoms with van der Waals surface area (Å²) in [6.07, 6.45) is 2.17. The Hall–Kier alpha value is -0.900. The molecule has 0 unspecified atom stereocenters. The molecule has 0 radical (unpaired) electrons. The van der Waals surface area contributed by atoms with Crippen molar-refractivity contribution in [2.75, 3.05) is 13.2 Å². The van der Waals surface area contributed by atoms with E-state index in [0.29, 0.717) is 26.1 Å². The molecule has 1 fully saturated rings. The van der Waals surface area contributed by atoms with Crippen LogP contribution in [0.5, 0.6) is 0 Å². The van der Waals surface area contributed by atoms with Crippen molar-refractivity contribution in [3.63, 3.8) is 0 Å².